The predicted octanol–water partition coefficient (Wildman–Crippen LogP) is 2.30. The van der Waals surface area contributed by atoms with Gasteiger partial charge in [0.05, 0.1) is 5.54 Å². The van der Waals surface area contributed by atoms with Crippen LogP contribution in [0.25, 0.3) is 0 Å². The third kappa shape index (κ3) is 3.13. The summed E-state index contributed by atoms with van der Waals surface area (Å²) in [4.78, 5) is 14.2. The highest BCUT2D eigenvalue weighted by Gasteiger charge is 2.45. The van der Waals surface area contributed by atoms with E-state index in [1.807, 2.05) is 13.0 Å². The molecule has 1 aromatic carbocycles. The van der Waals surface area contributed by atoms with Gasteiger partial charge in [-0.15, -0.1) is 0 Å². The zero-order valence-electron chi connectivity index (χ0n) is 11.5. The molecule has 2 N–H and O–H groups in total. The highest BCUT2D eigenvalue weighted by atomic mass is 19.1. The van der Waals surface area contributed by atoms with Gasteiger partial charge >= 0.3 is 0 Å². The Kier molecular flexibility index (Phi) is 3.90. The van der Waals surface area contributed by atoms with Crippen LogP contribution < -0.4 is 5.73 Å². The standard InChI is InChI=1S/C15H21FN2O/c1-3-18(10-11-5-4-6-13(16)9-11)14(19)15(2,17)12-7-8-12/h4-6,9,12H,3,7-8,10,17H2,1-2H3. The average Bonchev–Trinajstić information content (AvgIpc) is 3.19. The average molecular weight is 264 g/mol. The zero-order valence-corrected chi connectivity index (χ0v) is 11.5. The Hall–Kier alpha value is -1.42. The van der Waals surface area contributed by atoms with Crippen molar-refractivity contribution in [3.8, 4) is 0 Å². The zero-order chi connectivity index (χ0) is 14.0. The van der Waals surface area contributed by atoms with E-state index in [-0.39, 0.29) is 11.7 Å². The highest BCUT2D eigenvalue weighted by molar-refractivity contribution is 5.86. The summed E-state index contributed by atoms with van der Waals surface area (Å²) in [5, 5.41) is 0. The number of nitrogens with two attached hydrogens (primary N) is 1. The fraction of sp³-hybridized carbons (Fsp3) is 0.533. The third-order valence-corrected chi connectivity index (χ3v) is 3.82. The lowest BCUT2D eigenvalue weighted by molar-refractivity contribution is -0.137. The van der Waals surface area contributed by atoms with E-state index >= 15 is 0 Å². The summed E-state index contributed by atoms with van der Waals surface area (Å²) in [5.41, 5.74) is 6.17. The van der Waals surface area contributed by atoms with E-state index in [9.17, 15) is 9.18 Å². The van der Waals surface area contributed by atoms with E-state index < -0.39 is 5.54 Å². The van der Waals surface area contributed by atoms with Crippen molar-refractivity contribution in [2.45, 2.75) is 38.8 Å². The Morgan fingerprint density at radius 2 is 2.21 bits per heavy atom. The molecule has 0 heterocycles. The molecule has 19 heavy (non-hydrogen) atoms. The molecule has 0 saturated heterocycles. The Morgan fingerprint density at radius 3 is 2.74 bits per heavy atom. The molecule has 1 aliphatic carbocycles. The van der Waals surface area contributed by atoms with Crippen molar-refractivity contribution in [2.24, 2.45) is 11.7 Å². The lowest BCUT2D eigenvalue weighted by atomic mass is 9.95. The molecule has 1 amide bonds. The molecular weight excluding hydrogens is 243 g/mol. The summed E-state index contributed by atoms with van der Waals surface area (Å²) in [6.07, 6.45) is 2.05. The van der Waals surface area contributed by atoms with Crippen molar-refractivity contribution in [2.75, 3.05) is 6.54 Å². The Balaban J connectivity index is 2.09. The lowest BCUT2D eigenvalue weighted by Crippen LogP contribution is -2.54. The molecule has 0 aromatic heterocycles. The molecule has 2 rings (SSSR count). The maximum Gasteiger partial charge on any atom is 0.242 e. The van der Waals surface area contributed by atoms with Crippen LogP contribution in [0.2, 0.25) is 0 Å². The second kappa shape index (κ2) is 5.29. The van der Waals surface area contributed by atoms with Crippen molar-refractivity contribution in [3.63, 3.8) is 0 Å². The second-order valence-electron chi connectivity index (χ2n) is 5.51. The largest absolute Gasteiger partial charge is 0.337 e. The number of hydrogen-bond donors (Lipinski definition) is 1. The molecule has 0 aliphatic heterocycles. The van der Waals surface area contributed by atoms with Gasteiger partial charge in [0.1, 0.15) is 5.82 Å². The van der Waals surface area contributed by atoms with Crippen LogP contribution in [0.3, 0.4) is 0 Å². The van der Waals surface area contributed by atoms with Gasteiger partial charge in [0.25, 0.3) is 0 Å². The predicted molar refractivity (Wildman–Crippen MR) is 72.8 cm³/mol. The van der Waals surface area contributed by atoms with Crippen molar-refractivity contribution < 1.29 is 9.18 Å². The molecule has 1 fully saturated rings. The minimum absolute atomic E-state index is 0.0400. The van der Waals surface area contributed by atoms with Crippen LogP contribution in [-0.2, 0) is 11.3 Å². The first-order valence-corrected chi connectivity index (χ1v) is 6.78. The van der Waals surface area contributed by atoms with Crippen LogP contribution in [0.4, 0.5) is 4.39 Å². The van der Waals surface area contributed by atoms with E-state index in [4.69, 9.17) is 5.73 Å². The van der Waals surface area contributed by atoms with Crippen LogP contribution >= 0.6 is 0 Å². The summed E-state index contributed by atoms with van der Waals surface area (Å²) < 4.78 is 13.2. The highest BCUT2D eigenvalue weighted by Crippen LogP contribution is 2.39. The smallest absolute Gasteiger partial charge is 0.242 e. The lowest BCUT2D eigenvalue weighted by Gasteiger charge is -2.31. The van der Waals surface area contributed by atoms with Gasteiger partial charge in [-0.3, -0.25) is 4.79 Å². The van der Waals surface area contributed by atoms with Crippen molar-refractivity contribution in [3.05, 3.63) is 35.6 Å². The van der Waals surface area contributed by atoms with E-state index in [0.29, 0.717) is 19.0 Å². The molecule has 1 atom stereocenters. The molecular formula is C15H21FN2O. The fourth-order valence-electron chi connectivity index (χ4n) is 2.38. The Bertz CT molecular complexity index is 469. The molecule has 3 nitrogen and oxygen atoms in total. The molecule has 1 unspecified atom stereocenters. The van der Waals surface area contributed by atoms with E-state index in [1.165, 1.54) is 12.1 Å². The monoisotopic (exact) mass is 264 g/mol. The van der Waals surface area contributed by atoms with E-state index in [2.05, 4.69) is 0 Å². The normalized spacial score (nSPS) is 17.9. The summed E-state index contributed by atoms with van der Waals surface area (Å²) in [5.74, 6) is -0.0259. The van der Waals surface area contributed by atoms with Gasteiger partial charge in [-0.2, -0.15) is 0 Å². The number of benzene rings is 1. The molecule has 1 aliphatic rings. The number of nitrogens with zero attached hydrogens (tertiary/aromatic N) is 1. The number of likely N-dealkylation sites (N-methyl/N-ethyl adjacent to an activating group) is 1. The van der Waals surface area contributed by atoms with E-state index in [1.54, 1.807) is 17.9 Å². The number of carbonyl (C=O) groups is 1. The third-order valence-electron chi connectivity index (χ3n) is 3.82. The van der Waals surface area contributed by atoms with Crippen molar-refractivity contribution in [1.82, 2.24) is 4.90 Å². The number of amides is 1. The number of carbonyl (C=O) groups excluding carboxylic acids is 1. The molecule has 1 saturated carbocycles. The van der Waals surface area contributed by atoms with Crippen LogP contribution in [0.15, 0.2) is 24.3 Å². The summed E-state index contributed by atoms with van der Waals surface area (Å²) in [7, 11) is 0. The first-order chi connectivity index (χ1) is 8.95. The Morgan fingerprint density at radius 1 is 1.53 bits per heavy atom. The van der Waals surface area contributed by atoms with Crippen LogP contribution in [0, 0.1) is 11.7 Å². The molecule has 1 aromatic rings. The second-order valence-corrected chi connectivity index (χ2v) is 5.51. The number of halogens is 1. The SMILES string of the molecule is CCN(Cc1cccc(F)c1)C(=O)C(C)(N)C1CC1. The van der Waals surface area contributed by atoms with Gasteiger partial charge in [-0.25, -0.2) is 4.39 Å². The quantitative estimate of drug-likeness (QED) is 0.887. The minimum Gasteiger partial charge on any atom is -0.337 e. The van der Waals surface area contributed by atoms with Crippen molar-refractivity contribution in [1.29, 1.82) is 0 Å². The van der Waals surface area contributed by atoms with Crippen molar-refractivity contribution >= 4 is 5.91 Å². The van der Waals surface area contributed by atoms with Crippen LogP contribution in [0.5, 0.6) is 0 Å². The molecule has 104 valence electrons. The maximum atomic E-state index is 13.2. The minimum atomic E-state index is -0.788. The molecule has 4 heteroatoms. The van der Waals surface area contributed by atoms with Gasteiger partial charge in [-0.1, -0.05) is 12.1 Å². The fourth-order valence-corrected chi connectivity index (χ4v) is 2.38. The van der Waals surface area contributed by atoms with Crippen LogP contribution in [-0.4, -0.2) is 22.9 Å². The summed E-state index contributed by atoms with van der Waals surface area (Å²) in [6, 6.07) is 6.34. The molecule has 0 spiro atoms. The Labute approximate surface area is 113 Å². The van der Waals surface area contributed by atoms with Gasteiger partial charge < -0.3 is 10.6 Å². The maximum absolute atomic E-state index is 13.2. The summed E-state index contributed by atoms with van der Waals surface area (Å²) >= 11 is 0. The van der Waals surface area contributed by atoms with E-state index in [0.717, 1.165) is 18.4 Å². The van der Waals surface area contributed by atoms with Gasteiger partial charge in [0.15, 0.2) is 0 Å². The van der Waals surface area contributed by atoms with Gasteiger partial charge in [0, 0.05) is 13.1 Å². The molecule has 0 radical (unpaired) electrons. The van der Waals surface area contributed by atoms with Gasteiger partial charge in [0.2, 0.25) is 5.91 Å². The number of rotatable bonds is 5. The number of hydrogen-bond acceptors (Lipinski definition) is 2. The molecule has 0 bridgehead atoms. The first-order valence-electron chi connectivity index (χ1n) is 6.78. The first kappa shape index (κ1) is 14.0. The van der Waals surface area contributed by atoms with Gasteiger partial charge in [-0.05, 0) is 50.3 Å². The topological polar surface area (TPSA) is 46.3 Å². The van der Waals surface area contributed by atoms with Crippen LogP contribution in [0.1, 0.15) is 32.3 Å². The summed E-state index contributed by atoms with van der Waals surface area (Å²) in [6.45, 7) is 4.71.